The van der Waals surface area contributed by atoms with Gasteiger partial charge in [0, 0.05) is 29.0 Å². The Labute approximate surface area is 251 Å². The summed E-state index contributed by atoms with van der Waals surface area (Å²) in [7, 11) is 0. The number of rotatable bonds is 6. The zero-order valence-corrected chi connectivity index (χ0v) is 24.3. The van der Waals surface area contributed by atoms with Gasteiger partial charge in [-0.25, -0.2) is 4.99 Å². The van der Waals surface area contributed by atoms with Gasteiger partial charge in [0.25, 0.3) is 11.2 Å². The van der Waals surface area contributed by atoms with Gasteiger partial charge in [-0.1, -0.05) is 46.7 Å². The van der Waals surface area contributed by atoms with Crippen LogP contribution < -0.4 is 14.9 Å². The number of ketones is 1. The molecule has 12 heteroatoms. The molecule has 0 N–H and O–H groups in total. The summed E-state index contributed by atoms with van der Waals surface area (Å²) in [6, 6.07) is 17.2. The van der Waals surface area contributed by atoms with Gasteiger partial charge >= 0.3 is 0 Å². The van der Waals surface area contributed by atoms with Gasteiger partial charge in [0.15, 0.2) is 10.6 Å². The Morgan fingerprint density at radius 3 is 2.55 bits per heavy atom. The number of thiazole rings is 1. The van der Waals surface area contributed by atoms with Crippen LogP contribution in [-0.2, 0) is 4.79 Å². The Balaban J connectivity index is 1.45. The molecule has 1 atom stereocenters. The molecular formula is C30H19Cl2N3O6S. The van der Waals surface area contributed by atoms with Crippen LogP contribution in [0.25, 0.3) is 28.7 Å². The number of hydrogen-bond acceptors (Lipinski definition) is 8. The number of Topliss-reactive ketones (excluding diaryl/α,β-unsaturated/α-hetero) is 1. The van der Waals surface area contributed by atoms with Gasteiger partial charge in [-0.3, -0.25) is 24.3 Å². The number of nitro benzene ring substituents is 1. The summed E-state index contributed by atoms with van der Waals surface area (Å²) < 4.78 is 13.8. The average Bonchev–Trinajstić information content (AvgIpc) is 3.69. The molecule has 42 heavy (non-hydrogen) atoms. The molecule has 0 amide bonds. The minimum Gasteiger partial charge on any atom is -0.458 e. The van der Waals surface area contributed by atoms with Crippen molar-refractivity contribution < 1.29 is 18.6 Å². The third-order valence-electron chi connectivity index (χ3n) is 6.77. The van der Waals surface area contributed by atoms with Gasteiger partial charge in [-0.2, -0.15) is 0 Å². The number of halogens is 2. The van der Waals surface area contributed by atoms with Crippen molar-refractivity contribution in [3.8, 4) is 22.6 Å². The Morgan fingerprint density at radius 2 is 1.81 bits per heavy atom. The molecule has 1 aliphatic heterocycles. The topological polar surface area (TPSA) is 121 Å². The molecule has 2 aromatic carbocycles. The number of benzene rings is 2. The zero-order chi connectivity index (χ0) is 29.7. The van der Waals surface area contributed by atoms with E-state index in [0.29, 0.717) is 64.8 Å². The van der Waals surface area contributed by atoms with Gasteiger partial charge in [0.2, 0.25) is 0 Å². The first kappa shape index (κ1) is 27.6. The lowest BCUT2D eigenvalue weighted by Gasteiger charge is -2.22. The first-order valence-electron chi connectivity index (χ1n) is 12.5. The van der Waals surface area contributed by atoms with E-state index in [0.717, 1.165) is 11.3 Å². The number of nitrogens with zero attached hydrogens (tertiary/aromatic N) is 3. The van der Waals surface area contributed by atoms with E-state index in [-0.39, 0.29) is 11.5 Å². The molecule has 0 radical (unpaired) electrons. The molecule has 6 rings (SSSR count). The van der Waals surface area contributed by atoms with Crippen LogP contribution in [0.5, 0.6) is 0 Å². The standard InChI is InChI=1S/C30H19Cl2N3O6S/c1-15-27(16(2)36)28(25-12-11-23(41-25)17-7-9-20(31)21(32)13-17)34-29(37)26(42-30(34)33-15)14-18-8-10-24(40-18)19-5-3-4-6-22(19)35(38)39/h3-14,28H,1-2H3/b26-14+/t28-/m1/s1. The number of carbonyl (C=O) groups is 1. The lowest BCUT2D eigenvalue weighted by atomic mass is 9.98. The van der Waals surface area contributed by atoms with Crippen molar-refractivity contribution in [1.29, 1.82) is 0 Å². The Hall–Kier alpha value is -4.51. The van der Waals surface area contributed by atoms with E-state index in [1.165, 1.54) is 17.6 Å². The van der Waals surface area contributed by atoms with Crippen molar-refractivity contribution in [3.05, 3.63) is 129 Å². The zero-order valence-electron chi connectivity index (χ0n) is 22.0. The third kappa shape index (κ3) is 4.83. The molecule has 5 aromatic rings. The number of para-hydroxylation sites is 1. The summed E-state index contributed by atoms with van der Waals surface area (Å²) in [5, 5.41) is 12.2. The predicted molar refractivity (Wildman–Crippen MR) is 159 cm³/mol. The molecular weight excluding hydrogens is 601 g/mol. The normalized spacial score (nSPS) is 15.0. The van der Waals surface area contributed by atoms with Crippen LogP contribution in [0.2, 0.25) is 10.0 Å². The van der Waals surface area contributed by atoms with Crippen molar-refractivity contribution >= 4 is 52.1 Å². The van der Waals surface area contributed by atoms with Gasteiger partial charge < -0.3 is 8.83 Å². The van der Waals surface area contributed by atoms with E-state index in [1.807, 2.05) is 0 Å². The second kappa shape index (κ2) is 10.7. The first-order chi connectivity index (χ1) is 20.1. The average molecular weight is 620 g/mol. The quantitative estimate of drug-likeness (QED) is 0.157. The highest BCUT2D eigenvalue weighted by Gasteiger charge is 2.33. The van der Waals surface area contributed by atoms with E-state index in [9.17, 15) is 19.7 Å². The second-order valence-corrected chi connectivity index (χ2v) is 11.3. The molecule has 1 aliphatic rings. The Bertz CT molecular complexity index is 2140. The SMILES string of the molecule is CC(=O)C1=C(C)N=c2s/c(=C/c3ccc(-c4ccccc4[N+](=O)[O-])o3)c(=O)n2[C@@H]1c1ccc(-c2ccc(Cl)c(Cl)c2)o1. The largest absolute Gasteiger partial charge is 0.458 e. The highest BCUT2D eigenvalue weighted by atomic mass is 35.5. The maximum Gasteiger partial charge on any atom is 0.280 e. The van der Waals surface area contributed by atoms with Crippen molar-refractivity contribution in [2.75, 3.05) is 0 Å². The predicted octanol–water partition coefficient (Wildman–Crippen LogP) is 6.56. The summed E-state index contributed by atoms with van der Waals surface area (Å²) in [4.78, 5) is 42.5. The van der Waals surface area contributed by atoms with Crippen LogP contribution in [0.4, 0.5) is 5.69 Å². The molecule has 0 bridgehead atoms. The molecule has 3 aromatic heterocycles. The van der Waals surface area contributed by atoms with E-state index in [1.54, 1.807) is 73.7 Å². The highest BCUT2D eigenvalue weighted by molar-refractivity contribution is 7.07. The fraction of sp³-hybridized carbons (Fsp3) is 0.100. The van der Waals surface area contributed by atoms with E-state index < -0.39 is 16.5 Å². The van der Waals surface area contributed by atoms with Crippen molar-refractivity contribution in [2.45, 2.75) is 19.9 Å². The fourth-order valence-electron chi connectivity index (χ4n) is 4.89. The monoisotopic (exact) mass is 619 g/mol. The van der Waals surface area contributed by atoms with Crippen LogP contribution in [0, 0.1) is 10.1 Å². The summed E-state index contributed by atoms with van der Waals surface area (Å²) >= 11 is 13.4. The van der Waals surface area contributed by atoms with Crippen LogP contribution >= 0.6 is 34.5 Å². The highest BCUT2D eigenvalue weighted by Crippen LogP contribution is 2.36. The summed E-state index contributed by atoms with van der Waals surface area (Å²) in [6.45, 7) is 3.14. The number of furan rings is 2. The molecule has 210 valence electrons. The van der Waals surface area contributed by atoms with E-state index >= 15 is 0 Å². The molecule has 0 aliphatic carbocycles. The molecule has 0 fully saturated rings. The van der Waals surface area contributed by atoms with Crippen molar-refractivity contribution in [1.82, 2.24) is 4.57 Å². The van der Waals surface area contributed by atoms with E-state index in [4.69, 9.17) is 32.0 Å². The molecule has 0 saturated heterocycles. The first-order valence-corrected chi connectivity index (χ1v) is 14.1. The van der Waals surface area contributed by atoms with Gasteiger partial charge in [0.1, 0.15) is 29.1 Å². The molecule has 0 spiro atoms. The number of hydrogen-bond donors (Lipinski definition) is 0. The van der Waals surface area contributed by atoms with Crippen molar-refractivity contribution in [2.24, 2.45) is 4.99 Å². The minimum absolute atomic E-state index is 0.0938. The summed E-state index contributed by atoms with van der Waals surface area (Å²) in [5.74, 6) is 1.23. The maximum atomic E-state index is 13.8. The summed E-state index contributed by atoms with van der Waals surface area (Å²) in [6.07, 6.45) is 1.55. The molecule has 4 heterocycles. The molecule has 9 nitrogen and oxygen atoms in total. The third-order valence-corrected chi connectivity index (χ3v) is 8.49. The Kier molecular flexibility index (Phi) is 7.05. The van der Waals surface area contributed by atoms with Gasteiger partial charge in [0.05, 0.1) is 25.1 Å². The number of fused-ring (bicyclic) bond motifs is 1. The van der Waals surface area contributed by atoms with Crippen LogP contribution in [0.1, 0.15) is 31.4 Å². The lowest BCUT2D eigenvalue weighted by molar-refractivity contribution is -0.384. The van der Waals surface area contributed by atoms with Crippen LogP contribution in [0.3, 0.4) is 0 Å². The van der Waals surface area contributed by atoms with Crippen LogP contribution in [-0.4, -0.2) is 15.3 Å². The lowest BCUT2D eigenvalue weighted by Crippen LogP contribution is -2.39. The molecule has 0 saturated carbocycles. The maximum absolute atomic E-state index is 13.8. The number of allylic oxidation sites excluding steroid dienone is 2. The number of aromatic nitrogens is 1. The van der Waals surface area contributed by atoms with Gasteiger partial charge in [-0.05, 0) is 62.4 Å². The van der Waals surface area contributed by atoms with Crippen LogP contribution in [0.15, 0.2) is 96.6 Å². The summed E-state index contributed by atoms with van der Waals surface area (Å²) in [5.41, 5.74) is 1.32. The van der Waals surface area contributed by atoms with Gasteiger partial charge in [-0.15, -0.1) is 0 Å². The molecule has 0 unspecified atom stereocenters. The Morgan fingerprint density at radius 1 is 1.05 bits per heavy atom. The number of carbonyl (C=O) groups excluding carboxylic acids is 1. The minimum atomic E-state index is -0.850. The smallest absolute Gasteiger partial charge is 0.280 e. The van der Waals surface area contributed by atoms with E-state index in [2.05, 4.69) is 4.99 Å². The van der Waals surface area contributed by atoms with Crippen molar-refractivity contribution in [3.63, 3.8) is 0 Å². The second-order valence-electron chi connectivity index (χ2n) is 9.45. The number of nitro groups is 1. The fourth-order valence-corrected chi connectivity index (χ4v) is 6.21.